The Labute approximate surface area is 196 Å². The highest BCUT2D eigenvalue weighted by atomic mass is 19.4. The Kier molecular flexibility index (Phi) is 6.65. The third-order valence-corrected chi connectivity index (χ3v) is 6.70. The summed E-state index contributed by atoms with van der Waals surface area (Å²) in [6, 6.07) is 12.0. The number of alkyl halides is 3. The zero-order chi connectivity index (χ0) is 24.5. The number of hydrazine groups is 1. The van der Waals surface area contributed by atoms with E-state index in [2.05, 4.69) is 0 Å². The van der Waals surface area contributed by atoms with Gasteiger partial charge >= 0.3 is 6.18 Å². The topological polar surface area (TPSA) is 92.7 Å². The summed E-state index contributed by atoms with van der Waals surface area (Å²) >= 11 is 0. The maximum absolute atomic E-state index is 13.1. The molecule has 2 aliphatic rings. The van der Waals surface area contributed by atoms with Gasteiger partial charge in [0.05, 0.1) is 23.7 Å². The predicted molar refractivity (Wildman–Crippen MR) is 121 cm³/mol. The fourth-order valence-electron chi connectivity index (χ4n) is 4.77. The van der Waals surface area contributed by atoms with Gasteiger partial charge in [0.15, 0.2) is 0 Å². The predicted octanol–water partition coefficient (Wildman–Crippen LogP) is 3.63. The van der Waals surface area contributed by atoms with Gasteiger partial charge in [0.1, 0.15) is 5.78 Å². The Morgan fingerprint density at radius 3 is 2.29 bits per heavy atom. The fourth-order valence-corrected chi connectivity index (χ4v) is 4.77. The van der Waals surface area contributed by atoms with Crippen LogP contribution >= 0.6 is 0 Å². The summed E-state index contributed by atoms with van der Waals surface area (Å²) in [4.78, 5) is 27.4. The van der Waals surface area contributed by atoms with Crippen molar-refractivity contribution in [1.29, 1.82) is 0 Å². The van der Waals surface area contributed by atoms with Crippen LogP contribution < -0.4 is 11.6 Å². The number of nitrogens with two attached hydrogens (primary N) is 2. The van der Waals surface area contributed by atoms with Gasteiger partial charge < -0.3 is 15.6 Å². The molecule has 0 radical (unpaired) electrons. The highest BCUT2D eigenvalue weighted by Gasteiger charge is 2.36. The second kappa shape index (κ2) is 9.50. The van der Waals surface area contributed by atoms with Crippen LogP contribution in [0.25, 0.3) is 5.70 Å². The monoisotopic (exact) mass is 472 g/mol. The van der Waals surface area contributed by atoms with Crippen LogP contribution in [0.5, 0.6) is 0 Å². The number of Topliss-reactive ketones (excluding diaryl/α,β-unsaturated/α-hetero) is 1. The molecular formula is C25H27F3N4O2. The Morgan fingerprint density at radius 1 is 1.03 bits per heavy atom. The number of nitrogens with zero attached hydrogens (tertiary/aromatic N) is 2. The van der Waals surface area contributed by atoms with Crippen molar-refractivity contribution in [2.75, 3.05) is 13.1 Å². The van der Waals surface area contributed by atoms with Crippen molar-refractivity contribution in [2.24, 2.45) is 17.5 Å². The maximum atomic E-state index is 13.1. The molecular weight excluding hydrogens is 445 g/mol. The van der Waals surface area contributed by atoms with Crippen LogP contribution in [-0.2, 0) is 22.2 Å². The lowest BCUT2D eigenvalue weighted by Gasteiger charge is -2.32. The average molecular weight is 473 g/mol. The van der Waals surface area contributed by atoms with E-state index in [0.717, 1.165) is 23.3 Å². The standard InChI is InChI=1S/C25H27F3N4O2/c26-25(27,28)18-7-5-16(6-8-18)13-24(34)31-11-9-17(10-12-31)23(33)14-21-19-3-1-2-4-20(19)22(15-29)32(21)30/h1-8,15,17,21H,9-14,29-30H2/b22-15-. The molecule has 0 spiro atoms. The van der Waals surface area contributed by atoms with Gasteiger partial charge in [-0.25, -0.2) is 5.84 Å². The van der Waals surface area contributed by atoms with Gasteiger partial charge in [0.2, 0.25) is 5.91 Å². The quantitative estimate of drug-likeness (QED) is 0.649. The molecule has 0 aromatic heterocycles. The first kappa shape index (κ1) is 23.8. The molecule has 1 amide bonds. The second-order valence-corrected chi connectivity index (χ2v) is 8.76. The van der Waals surface area contributed by atoms with E-state index in [9.17, 15) is 22.8 Å². The highest BCUT2D eigenvalue weighted by molar-refractivity contribution is 5.84. The summed E-state index contributed by atoms with van der Waals surface area (Å²) in [5.41, 5.74) is 8.12. The van der Waals surface area contributed by atoms with Crippen LogP contribution in [0.1, 0.15) is 47.6 Å². The molecule has 180 valence electrons. The molecule has 9 heteroatoms. The zero-order valence-electron chi connectivity index (χ0n) is 18.6. The minimum Gasteiger partial charge on any atom is -0.403 e. The van der Waals surface area contributed by atoms with Gasteiger partial charge in [0.25, 0.3) is 0 Å². The second-order valence-electron chi connectivity index (χ2n) is 8.76. The first-order valence-electron chi connectivity index (χ1n) is 11.2. The third-order valence-electron chi connectivity index (χ3n) is 6.70. The molecule has 4 rings (SSSR count). The smallest absolute Gasteiger partial charge is 0.403 e. The molecule has 0 aliphatic carbocycles. The summed E-state index contributed by atoms with van der Waals surface area (Å²) in [6.45, 7) is 0.884. The summed E-state index contributed by atoms with van der Waals surface area (Å²) in [6.07, 6.45) is -1.56. The molecule has 1 saturated heterocycles. The summed E-state index contributed by atoms with van der Waals surface area (Å²) in [7, 11) is 0. The Morgan fingerprint density at radius 2 is 1.68 bits per heavy atom. The lowest BCUT2D eigenvalue weighted by atomic mass is 9.87. The number of hydrogen-bond donors (Lipinski definition) is 2. The molecule has 0 saturated carbocycles. The number of fused-ring (bicyclic) bond motifs is 1. The lowest BCUT2D eigenvalue weighted by molar-refractivity contribution is -0.137. The number of piperidine rings is 1. The molecule has 0 bridgehead atoms. The average Bonchev–Trinajstić information content (AvgIpc) is 3.09. The van der Waals surface area contributed by atoms with E-state index in [0.29, 0.717) is 37.2 Å². The van der Waals surface area contributed by atoms with Crippen LogP contribution in [-0.4, -0.2) is 34.7 Å². The van der Waals surface area contributed by atoms with Crippen LogP contribution in [0, 0.1) is 5.92 Å². The number of ketones is 1. The molecule has 2 heterocycles. The molecule has 34 heavy (non-hydrogen) atoms. The van der Waals surface area contributed by atoms with Gasteiger partial charge in [-0.15, -0.1) is 0 Å². The van der Waals surface area contributed by atoms with E-state index in [-0.39, 0.29) is 36.5 Å². The first-order chi connectivity index (χ1) is 16.2. The summed E-state index contributed by atoms with van der Waals surface area (Å²) in [5, 5.41) is 1.55. The van der Waals surface area contributed by atoms with E-state index in [1.54, 1.807) is 9.91 Å². The van der Waals surface area contributed by atoms with Gasteiger partial charge in [-0.2, -0.15) is 13.2 Å². The number of rotatable bonds is 5. The van der Waals surface area contributed by atoms with E-state index < -0.39 is 11.7 Å². The van der Waals surface area contributed by atoms with Gasteiger partial charge in [-0.1, -0.05) is 36.4 Å². The van der Waals surface area contributed by atoms with Crippen LogP contribution in [0.15, 0.2) is 54.7 Å². The number of likely N-dealkylation sites (tertiary alicyclic amines) is 1. The van der Waals surface area contributed by atoms with Crippen LogP contribution in [0.2, 0.25) is 0 Å². The highest BCUT2D eigenvalue weighted by Crippen LogP contribution is 2.41. The van der Waals surface area contributed by atoms with E-state index in [4.69, 9.17) is 11.6 Å². The molecule has 4 N–H and O–H groups in total. The maximum Gasteiger partial charge on any atom is 0.416 e. The van der Waals surface area contributed by atoms with Crippen molar-refractivity contribution in [2.45, 2.75) is 37.9 Å². The third kappa shape index (κ3) is 4.79. The molecule has 6 nitrogen and oxygen atoms in total. The number of hydrogen-bond acceptors (Lipinski definition) is 5. The zero-order valence-corrected chi connectivity index (χ0v) is 18.6. The summed E-state index contributed by atoms with van der Waals surface area (Å²) < 4.78 is 38.1. The minimum atomic E-state index is -4.40. The van der Waals surface area contributed by atoms with Crippen LogP contribution in [0.4, 0.5) is 13.2 Å². The minimum absolute atomic E-state index is 0.0337. The van der Waals surface area contributed by atoms with Crippen molar-refractivity contribution >= 4 is 17.4 Å². The summed E-state index contributed by atoms with van der Waals surface area (Å²) in [5.74, 6) is 6.03. The number of carbonyl (C=O) groups is 2. The Balaban J connectivity index is 1.31. The largest absolute Gasteiger partial charge is 0.416 e. The number of carbonyl (C=O) groups excluding carboxylic acids is 2. The number of amides is 1. The van der Waals surface area contributed by atoms with Crippen molar-refractivity contribution in [3.05, 3.63) is 77.0 Å². The normalized spacial score (nSPS) is 20.0. The van der Waals surface area contributed by atoms with E-state index in [1.165, 1.54) is 18.3 Å². The molecule has 1 atom stereocenters. The SMILES string of the molecule is N/C=C1/c2ccccc2C(CC(=O)C2CCN(C(=O)Cc3ccc(C(F)(F)F)cc3)CC2)N1N. The molecule has 2 aliphatic heterocycles. The van der Waals surface area contributed by atoms with E-state index >= 15 is 0 Å². The Hall–Kier alpha value is -3.33. The molecule has 2 aromatic carbocycles. The van der Waals surface area contributed by atoms with Crippen molar-refractivity contribution < 1.29 is 22.8 Å². The fraction of sp³-hybridized carbons (Fsp3) is 0.360. The van der Waals surface area contributed by atoms with Gasteiger partial charge in [0, 0.05) is 37.2 Å². The van der Waals surface area contributed by atoms with Gasteiger partial charge in [-0.05, 0) is 36.1 Å². The first-order valence-corrected chi connectivity index (χ1v) is 11.2. The molecule has 2 aromatic rings. The van der Waals surface area contributed by atoms with Crippen molar-refractivity contribution in [1.82, 2.24) is 9.91 Å². The van der Waals surface area contributed by atoms with Gasteiger partial charge in [-0.3, -0.25) is 9.59 Å². The van der Waals surface area contributed by atoms with E-state index in [1.807, 2.05) is 24.3 Å². The van der Waals surface area contributed by atoms with Crippen LogP contribution in [0.3, 0.4) is 0 Å². The molecule has 1 unspecified atom stereocenters. The lowest BCUT2D eigenvalue weighted by Crippen LogP contribution is -2.41. The molecule has 1 fully saturated rings. The number of benzene rings is 2. The number of halogens is 3. The van der Waals surface area contributed by atoms with Crippen molar-refractivity contribution in [3.63, 3.8) is 0 Å². The van der Waals surface area contributed by atoms with Crippen molar-refractivity contribution in [3.8, 4) is 0 Å². The Bertz CT molecular complexity index is 1090.